The molecule has 3 nitrogen and oxygen atoms in total. The van der Waals surface area contributed by atoms with Crippen molar-refractivity contribution >= 4 is 0 Å². The Balaban J connectivity index is 2.00. The van der Waals surface area contributed by atoms with E-state index in [1.807, 2.05) is 18.2 Å². The molecular weight excluding hydrogens is 234 g/mol. The SMILES string of the molecule is CCc1cc(CCC(N)c2ccccc2)n(CC)n1. The van der Waals surface area contributed by atoms with Gasteiger partial charge in [0.05, 0.1) is 5.69 Å². The van der Waals surface area contributed by atoms with Gasteiger partial charge in [-0.25, -0.2) is 0 Å². The van der Waals surface area contributed by atoms with Gasteiger partial charge < -0.3 is 5.73 Å². The summed E-state index contributed by atoms with van der Waals surface area (Å²) in [4.78, 5) is 0. The van der Waals surface area contributed by atoms with Crippen LogP contribution in [0.15, 0.2) is 36.4 Å². The summed E-state index contributed by atoms with van der Waals surface area (Å²) in [6.45, 7) is 5.20. The lowest BCUT2D eigenvalue weighted by Gasteiger charge is -2.12. The molecule has 1 aromatic carbocycles. The second-order valence-electron chi connectivity index (χ2n) is 4.85. The van der Waals surface area contributed by atoms with Crippen molar-refractivity contribution in [3.8, 4) is 0 Å². The molecule has 0 bridgehead atoms. The Kier molecular flexibility index (Phi) is 4.74. The van der Waals surface area contributed by atoms with Crippen molar-refractivity contribution in [1.82, 2.24) is 9.78 Å². The smallest absolute Gasteiger partial charge is 0.0624 e. The summed E-state index contributed by atoms with van der Waals surface area (Å²) in [7, 11) is 0. The minimum absolute atomic E-state index is 0.103. The van der Waals surface area contributed by atoms with Crippen LogP contribution in [0.1, 0.15) is 43.3 Å². The molecule has 0 saturated carbocycles. The average molecular weight is 257 g/mol. The normalized spacial score (nSPS) is 12.6. The number of aromatic nitrogens is 2. The van der Waals surface area contributed by atoms with Gasteiger partial charge in [-0.1, -0.05) is 37.3 Å². The third-order valence-corrected chi connectivity index (χ3v) is 3.51. The topological polar surface area (TPSA) is 43.8 Å². The van der Waals surface area contributed by atoms with E-state index in [-0.39, 0.29) is 6.04 Å². The fourth-order valence-electron chi connectivity index (χ4n) is 2.33. The van der Waals surface area contributed by atoms with Gasteiger partial charge in [0, 0.05) is 18.3 Å². The van der Waals surface area contributed by atoms with Crippen LogP contribution in [0, 0.1) is 0 Å². The highest BCUT2D eigenvalue weighted by molar-refractivity contribution is 5.19. The summed E-state index contributed by atoms with van der Waals surface area (Å²) in [5, 5.41) is 4.57. The van der Waals surface area contributed by atoms with Gasteiger partial charge in [-0.15, -0.1) is 0 Å². The van der Waals surface area contributed by atoms with Crippen molar-refractivity contribution in [2.75, 3.05) is 0 Å². The summed E-state index contributed by atoms with van der Waals surface area (Å²) in [6, 6.07) is 12.6. The number of benzene rings is 1. The maximum atomic E-state index is 6.24. The quantitative estimate of drug-likeness (QED) is 0.864. The van der Waals surface area contributed by atoms with Crippen LogP contribution in [0.25, 0.3) is 0 Å². The predicted molar refractivity (Wildman–Crippen MR) is 79.0 cm³/mol. The second kappa shape index (κ2) is 6.53. The minimum atomic E-state index is 0.103. The van der Waals surface area contributed by atoms with Crippen molar-refractivity contribution in [3.05, 3.63) is 53.3 Å². The largest absolute Gasteiger partial charge is 0.324 e. The van der Waals surface area contributed by atoms with E-state index in [1.54, 1.807) is 0 Å². The predicted octanol–water partition coefficient (Wildman–Crippen LogP) is 3.10. The van der Waals surface area contributed by atoms with Gasteiger partial charge in [-0.3, -0.25) is 4.68 Å². The third-order valence-electron chi connectivity index (χ3n) is 3.51. The lowest BCUT2D eigenvalue weighted by molar-refractivity contribution is 0.577. The number of hydrogen-bond donors (Lipinski definition) is 1. The zero-order chi connectivity index (χ0) is 13.7. The Labute approximate surface area is 115 Å². The van der Waals surface area contributed by atoms with Crippen LogP contribution in [0.4, 0.5) is 0 Å². The lowest BCUT2D eigenvalue weighted by atomic mass is 10.0. The van der Waals surface area contributed by atoms with Crippen molar-refractivity contribution in [1.29, 1.82) is 0 Å². The highest BCUT2D eigenvalue weighted by Crippen LogP contribution is 2.17. The van der Waals surface area contributed by atoms with Crippen LogP contribution in [-0.2, 0) is 19.4 Å². The molecule has 0 aliphatic rings. The zero-order valence-corrected chi connectivity index (χ0v) is 11.8. The summed E-state index contributed by atoms with van der Waals surface area (Å²) in [5.41, 5.74) is 9.92. The Morgan fingerprint density at radius 2 is 1.95 bits per heavy atom. The first kappa shape index (κ1) is 13.8. The number of hydrogen-bond acceptors (Lipinski definition) is 2. The average Bonchev–Trinajstić information content (AvgIpc) is 2.88. The third kappa shape index (κ3) is 3.44. The number of nitrogens with two attached hydrogens (primary N) is 1. The van der Waals surface area contributed by atoms with Crippen LogP contribution in [0.3, 0.4) is 0 Å². The minimum Gasteiger partial charge on any atom is -0.324 e. The molecule has 2 rings (SSSR count). The molecule has 0 amide bonds. The fourth-order valence-corrected chi connectivity index (χ4v) is 2.33. The summed E-state index contributed by atoms with van der Waals surface area (Å²) in [5.74, 6) is 0. The van der Waals surface area contributed by atoms with Gasteiger partial charge in [0.15, 0.2) is 0 Å². The first-order chi connectivity index (χ1) is 9.24. The molecule has 0 saturated heterocycles. The molecule has 1 unspecified atom stereocenters. The van der Waals surface area contributed by atoms with E-state index in [1.165, 1.54) is 17.0 Å². The maximum Gasteiger partial charge on any atom is 0.0624 e. The molecule has 2 aromatic rings. The van der Waals surface area contributed by atoms with Crippen LogP contribution in [-0.4, -0.2) is 9.78 Å². The van der Waals surface area contributed by atoms with Gasteiger partial charge in [-0.05, 0) is 37.8 Å². The molecule has 1 atom stereocenters. The molecule has 19 heavy (non-hydrogen) atoms. The number of rotatable bonds is 6. The van der Waals surface area contributed by atoms with Crippen LogP contribution < -0.4 is 5.73 Å². The van der Waals surface area contributed by atoms with Crippen LogP contribution in [0.5, 0.6) is 0 Å². The molecule has 0 aliphatic carbocycles. The van der Waals surface area contributed by atoms with E-state index in [2.05, 4.69) is 41.8 Å². The van der Waals surface area contributed by atoms with Crippen molar-refractivity contribution in [2.24, 2.45) is 5.73 Å². The second-order valence-corrected chi connectivity index (χ2v) is 4.85. The van der Waals surface area contributed by atoms with E-state index in [9.17, 15) is 0 Å². The molecular formula is C16H23N3. The maximum absolute atomic E-state index is 6.24. The molecule has 0 radical (unpaired) electrons. The Hall–Kier alpha value is -1.61. The Morgan fingerprint density at radius 3 is 2.58 bits per heavy atom. The highest BCUT2D eigenvalue weighted by atomic mass is 15.3. The molecule has 3 heteroatoms. The number of aryl methyl sites for hydroxylation is 3. The fraction of sp³-hybridized carbons (Fsp3) is 0.438. The van der Waals surface area contributed by atoms with Crippen molar-refractivity contribution in [2.45, 2.75) is 45.7 Å². The molecule has 0 fully saturated rings. The van der Waals surface area contributed by atoms with Crippen molar-refractivity contribution < 1.29 is 0 Å². The van der Waals surface area contributed by atoms with Gasteiger partial charge in [0.25, 0.3) is 0 Å². The standard InChI is InChI=1S/C16H23N3/c1-3-14-12-15(19(4-2)18-14)10-11-16(17)13-8-6-5-7-9-13/h5-9,12,16H,3-4,10-11,17H2,1-2H3. The van der Waals surface area contributed by atoms with Crippen LogP contribution >= 0.6 is 0 Å². The van der Waals surface area contributed by atoms with E-state index >= 15 is 0 Å². The van der Waals surface area contributed by atoms with Gasteiger partial charge >= 0.3 is 0 Å². The van der Waals surface area contributed by atoms with Gasteiger partial charge in [0.2, 0.25) is 0 Å². The van der Waals surface area contributed by atoms with E-state index < -0.39 is 0 Å². The zero-order valence-electron chi connectivity index (χ0n) is 11.8. The summed E-state index contributed by atoms with van der Waals surface area (Å²) < 4.78 is 2.09. The van der Waals surface area contributed by atoms with E-state index in [0.29, 0.717) is 0 Å². The van der Waals surface area contributed by atoms with Gasteiger partial charge in [-0.2, -0.15) is 5.10 Å². The van der Waals surface area contributed by atoms with Crippen LogP contribution in [0.2, 0.25) is 0 Å². The summed E-state index contributed by atoms with van der Waals surface area (Å²) >= 11 is 0. The first-order valence-corrected chi connectivity index (χ1v) is 7.10. The first-order valence-electron chi connectivity index (χ1n) is 7.10. The lowest BCUT2D eigenvalue weighted by Crippen LogP contribution is -2.12. The van der Waals surface area contributed by atoms with Crippen molar-refractivity contribution in [3.63, 3.8) is 0 Å². The molecule has 2 N–H and O–H groups in total. The molecule has 1 heterocycles. The highest BCUT2D eigenvalue weighted by Gasteiger charge is 2.09. The Bertz CT molecular complexity index is 502. The summed E-state index contributed by atoms with van der Waals surface area (Å²) in [6.07, 6.45) is 2.93. The Morgan fingerprint density at radius 1 is 1.21 bits per heavy atom. The molecule has 102 valence electrons. The molecule has 1 aromatic heterocycles. The molecule has 0 spiro atoms. The van der Waals surface area contributed by atoms with Gasteiger partial charge in [0.1, 0.15) is 0 Å². The van der Waals surface area contributed by atoms with E-state index in [4.69, 9.17) is 5.73 Å². The number of nitrogens with zero attached hydrogens (tertiary/aromatic N) is 2. The molecule has 0 aliphatic heterocycles. The van der Waals surface area contributed by atoms with E-state index in [0.717, 1.165) is 25.8 Å². The monoisotopic (exact) mass is 257 g/mol.